The highest BCUT2D eigenvalue weighted by Crippen LogP contribution is 2.37. The van der Waals surface area contributed by atoms with Crippen molar-refractivity contribution in [2.24, 2.45) is 0 Å². The first kappa shape index (κ1) is 21.2. The molecule has 0 rings (SSSR count). The molecule has 0 aliphatic carbocycles. The summed E-state index contributed by atoms with van der Waals surface area (Å²) in [6, 6.07) is 0.426. The summed E-state index contributed by atoms with van der Waals surface area (Å²) in [6.45, 7) is 10.8. The van der Waals surface area contributed by atoms with E-state index < -0.39 is 16.4 Å². The fourth-order valence-electron chi connectivity index (χ4n) is 2.01. The summed E-state index contributed by atoms with van der Waals surface area (Å²) in [4.78, 5) is 18.0. The molecule has 0 aromatic heterocycles. The lowest BCUT2D eigenvalue weighted by Gasteiger charge is -2.38. The normalized spacial score (nSPS) is 13.7. The van der Waals surface area contributed by atoms with Gasteiger partial charge in [0.05, 0.1) is 5.60 Å². The van der Waals surface area contributed by atoms with E-state index in [4.69, 9.17) is 23.1 Å². The summed E-state index contributed by atoms with van der Waals surface area (Å²) in [5.74, 6) is 0. The van der Waals surface area contributed by atoms with Crippen molar-refractivity contribution < 1.29 is 27.6 Å². The van der Waals surface area contributed by atoms with Crippen LogP contribution < -0.4 is 0 Å². The van der Waals surface area contributed by atoms with Gasteiger partial charge in [-0.25, -0.2) is 0 Å². The summed E-state index contributed by atoms with van der Waals surface area (Å²) in [5.41, 5.74) is -0.335. The average molecular weight is 342 g/mol. The van der Waals surface area contributed by atoms with Gasteiger partial charge in [0.2, 0.25) is 0 Å². The van der Waals surface area contributed by atoms with Gasteiger partial charge in [-0.1, -0.05) is 13.8 Å². The lowest BCUT2D eigenvalue weighted by molar-refractivity contribution is -0.0243. The molecule has 0 bridgehead atoms. The Morgan fingerprint density at radius 2 is 1.52 bits per heavy atom. The largest absolute Gasteiger partial charge is 0.501 e. The van der Waals surface area contributed by atoms with Crippen molar-refractivity contribution >= 4 is 16.4 Å². The molecule has 0 amide bonds. The molecule has 8 heteroatoms. The molecule has 128 valence electrons. The molecule has 0 saturated heterocycles. The van der Waals surface area contributed by atoms with Crippen molar-refractivity contribution in [2.75, 3.05) is 19.4 Å². The fourth-order valence-corrected chi connectivity index (χ4v) is 6.00. The maximum atomic E-state index is 11.0. The molecule has 2 N–H and O–H groups in total. The zero-order valence-electron chi connectivity index (χ0n) is 13.9. The number of hydrogen-bond donors (Lipinski definition) is 2. The lowest BCUT2D eigenvalue weighted by atomic mass is 10.0. The first-order valence-corrected chi connectivity index (χ1v) is 11.4. The van der Waals surface area contributed by atoms with Crippen LogP contribution in [0.2, 0.25) is 6.04 Å². The second kappa shape index (κ2) is 9.40. The molecular formula is C13H31O6PSi. The van der Waals surface area contributed by atoms with Crippen LogP contribution in [0, 0.1) is 0 Å². The highest BCUT2D eigenvalue weighted by atomic mass is 31.2. The monoisotopic (exact) mass is 342 g/mol. The fraction of sp³-hybridized carbons (Fsp3) is 1.00. The number of hydrogen-bond acceptors (Lipinski definition) is 4. The van der Waals surface area contributed by atoms with Gasteiger partial charge in [0.15, 0.2) is 0 Å². The predicted octanol–water partition coefficient (Wildman–Crippen LogP) is 3.16. The molecule has 0 aromatic rings. The smallest absolute Gasteiger partial charge is 0.374 e. The van der Waals surface area contributed by atoms with Crippen LogP contribution in [0.5, 0.6) is 0 Å². The highest BCUT2D eigenvalue weighted by Gasteiger charge is 2.45. The summed E-state index contributed by atoms with van der Waals surface area (Å²) < 4.78 is 28.9. The summed E-state index contributed by atoms with van der Waals surface area (Å²) >= 11 is 0. The van der Waals surface area contributed by atoms with E-state index in [0.717, 1.165) is 12.8 Å². The molecule has 0 aliphatic heterocycles. The molecule has 0 saturated carbocycles. The average Bonchev–Trinajstić information content (AvgIpc) is 2.37. The van der Waals surface area contributed by atoms with Gasteiger partial charge in [-0.05, 0) is 40.0 Å². The van der Waals surface area contributed by atoms with Gasteiger partial charge in [0.1, 0.15) is 0 Å². The maximum absolute atomic E-state index is 11.0. The third-order valence-electron chi connectivity index (χ3n) is 3.56. The second-order valence-electron chi connectivity index (χ2n) is 5.30. The minimum absolute atomic E-state index is 0.166. The van der Waals surface area contributed by atoms with Crippen LogP contribution in [0.15, 0.2) is 0 Å². The Labute approximate surface area is 129 Å². The Morgan fingerprint density at radius 1 is 1.05 bits per heavy atom. The molecule has 0 heterocycles. The van der Waals surface area contributed by atoms with Crippen molar-refractivity contribution in [3.63, 3.8) is 0 Å². The lowest BCUT2D eigenvalue weighted by Crippen LogP contribution is -2.52. The highest BCUT2D eigenvalue weighted by molar-refractivity contribution is 7.51. The van der Waals surface area contributed by atoms with E-state index in [2.05, 4.69) is 13.8 Å². The number of rotatable bonds is 12. The Kier molecular flexibility index (Phi) is 9.51. The minimum Gasteiger partial charge on any atom is -0.374 e. The molecule has 0 fully saturated rings. The van der Waals surface area contributed by atoms with E-state index in [1.54, 1.807) is 0 Å². The molecule has 0 spiro atoms. The molecule has 0 atom stereocenters. The first-order chi connectivity index (χ1) is 9.66. The quantitative estimate of drug-likeness (QED) is 0.418. The van der Waals surface area contributed by atoms with Gasteiger partial charge in [0.25, 0.3) is 0 Å². The van der Waals surface area contributed by atoms with Gasteiger partial charge >= 0.3 is 16.4 Å². The predicted molar refractivity (Wildman–Crippen MR) is 85.4 cm³/mol. The minimum atomic E-state index is -4.00. The van der Waals surface area contributed by atoms with Gasteiger partial charge in [-0.15, -0.1) is 0 Å². The van der Waals surface area contributed by atoms with Crippen LogP contribution in [0.1, 0.15) is 53.9 Å². The van der Waals surface area contributed by atoms with Gasteiger partial charge in [-0.3, -0.25) is 4.57 Å². The van der Waals surface area contributed by atoms with E-state index in [1.165, 1.54) is 0 Å². The maximum Gasteiger partial charge on any atom is 0.501 e. The van der Waals surface area contributed by atoms with Crippen molar-refractivity contribution in [2.45, 2.75) is 65.5 Å². The standard InChI is InChI=1S/C13H31O6PSi/c1-6-13(5,7-2)19-21(17-8-3,18-9-4)12-10-11-20(14,15)16/h6-12H2,1-5H3,(H2,14,15,16). The summed E-state index contributed by atoms with van der Waals surface area (Å²) in [6.07, 6.45) is 1.83. The Bertz CT molecular complexity index is 323. The summed E-state index contributed by atoms with van der Waals surface area (Å²) in [7, 11) is -6.92. The summed E-state index contributed by atoms with van der Waals surface area (Å²) in [5, 5.41) is 0. The molecule has 21 heavy (non-hydrogen) atoms. The van der Waals surface area contributed by atoms with E-state index in [1.807, 2.05) is 20.8 Å². The van der Waals surface area contributed by atoms with E-state index >= 15 is 0 Å². The van der Waals surface area contributed by atoms with Crippen LogP contribution in [0.3, 0.4) is 0 Å². The molecule has 0 aromatic carbocycles. The third-order valence-corrected chi connectivity index (χ3v) is 7.68. The van der Waals surface area contributed by atoms with E-state index in [-0.39, 0.29) is 11.8 Å². The Morgan fingerprint density at radius 3 is 1.86 bits per heavy atom. The SMILES string of the molecule is CCO[Si](CCCP(=O)(O)O)(OCC)OC(C)(CC)CC. The molecule has 0 unspecified atom stereocenters. The third kappa shape index (κ3) is 8.45. The second-order valence-corrected chi connectivity index (χ2v) is 9.72. The van der Waals surface area contributed by atoms with Crippen LogP contribution in [-0.2, 0) is 17.8 Å². The van der Waals surface area contributed by atoms with Crippen LogP contribution in [0.4, 0.5) is 0 Å². The topological polar surface area (TPSA) is 85.2 Å². The van der Waals surface area contributed by atoms with Crippen LogP contribution in [-0.4, -0.2) is 43.6 Å². The Balaban J connectivity index is 5.00. The van der Waals surface area contributed by atoms with Crippen molar-refractivity contribution in [3.05, 3.63) is 0 Å². The van der Waals surface area contributed by atoms with Crippen molar-refractivity contribution in [1.29, 1.82) is 0 Å². The van der Waals surface area contributed by atoms with Crippen LogP contribution in [0.25, 0.3) is 0 Å². The first-order valence-electron chi connectivity index (χ1n) is 7.68. The molecule has 0 aliphatic rings. The van der Waals surface area contributed by atoms with E-state index in [9.17, 15) is 4.57 Å². The zero-order chi connectivity index (χ0) is 16.6. The zero-order valence-corrected chi connectivity index (χ0v) is 15.8. The van der Waals surface area contributed by atoms with Crippen LogP contribution >= 0.6 is 7.60 Å². The van der Waals surface area contributed by atoms with Gasteiger partial charge in [-0.2, -0.15) is 0 Å². The molecule has 0 radical (unpaired) electrons. The van der Waals surface area contributed by atoms with Crippen molar-refractivity contribution in [1.82, 2.24) is 0 Å². The molecular weight excluding hydrogens is 311 g/mol. The van der Waals surface area contributed by atoms with E-state index in [0.29, 0.717) is 25.7 Å². The van der Waals surface area contributed by atoms with Gasteiger partial charge < -0.3 is 23.1 Å². The van der Waals surface area contributed by atoms with Crippen molar-refractivity contribution in [3.8, 4) is 0 Å². The molecule has 6 nitrogen and oxygen atoms in total. The Hall–Kier alpha value is 0.247. The van der Waals surface area contributed by atoms with Gasteiger partial charge in [0, 0.05) is 25.4 Å².